The minimum absolute atomic E-state index is 0.167. The highest BCUT2D eigenvalue weighted by Gasteiger charge is 2.35. The molecule has 1 aromatic heterocycles. The second-order valence-electron chi connectivity index (χ2n) is 2.86. The molecule has 0 saturated heterocycles. The van der Waals surface area contributed by atoms with Crippen molar-refractivity contribution in [2.24, 2.45) is 0 Å². The Hall–Kier alpha value is -2.09. The van der Waals surface area contributed by atoms with Crippen molar-refractivity contribution in [3.63, 3.8) is 0 Å². The summed E-state index contributed by atoms with van der Waals surface area (Å²) in [6, 6.07) is 7.08. The highest BCUT2D eigenvalue weighted by molar-refractivity contribution is 7.91. The summed E-state index contributed by atoms with van der Waals surface area (Å²) in [6.45, 7) is 0. The summed E-state index contributed by atoms with van der Waals surface area (Å²) in [5.41, 5.74) is 0. The van der Waals surface area contributed by atoms with E-state index in [1.165, 1.54) is 24.3 Å². The summed E-state index contributed by atoms with van der Waals surface area (Å²) in [4.78, 5) is -0.579. The Morgan fingerprint density at radius 1 is 1.25 bits per heavy atom. The van der Waals surface area contributed by atoms with E-state index in [9.17, 15) is 18.7 Å². The Morgan fingerprint density at radius 2 is 1.88 bits per heavy atom. The van der Waals surface area contributed by atoms with E-state index in [-0.39, 0.29) is 4.90 Å². The van der Waals surface area contributed by atoms with Gasteiger partial charge in [0.25, 0.3) is 9.84 Å². The Balaban J connectivity index is 2.66. The lowest BCUT2D eigenvalue weighted by molar-refractivity contribution is -0.832. The van der Waals surface area contributed by atoms with E-state index in [4.69, 9.17) is 0 Å². The number of sulfone groups is 1. The van der Waals surface area contributed by atoms with Gasteiger partial charge in [0.15, 0.2) is 0 Å². The molecule has 0 amide bonds. The molecule has 2 aromatic rings. The molecule has 1 aromatic carbocycles. The molecule has 0 fully saturated rings. The average molecular weight is 241 g/mol. The minimum atomic E-state index is -4.18. The van der Waals surface area contributed by atoms with Gasteiger partial charge in [0.1, 0.15) is 0 Å². The van der Waals surface area contributed by atoms with Gasteiger partial charge in [-0.25, -0.2) is 13.5 Å². The average Bonchev–Trinajstić information content (AvgIpc) is 2.60. The fourth-order valence-electron chi connectivity index (χ4n) is 1.15. The van der Waals surface area contributed by atoms with E-state index in [0.717, 1.165) is 0 Å². The van der Waals surface area contributed by atoms with E-state index < -0.39 is 25.6 Å². The maximum atomic E-state index is 11.8. The van der Waals surface area contributed by atoms with Crippen molar-refractivity contribution < 1.29 is 23.1 Å². The Morgan fingerprint density at radius 3 is 2.38 bits per heavy atom. The number of rotatable bonds is 2. The van der Waals surface area contributed by atoms with Gasteiger partial charge in [0.2, 0.25) is 0 Å². The maximum absolute atomic E-state index is 11.8. The standard InChI is InChI=1S/C8H5N2O5S/c11-7-8(10(12)15-9-7)16(13,14)6-4-2-1-3-5-6/h1-5H. The van der Waals surface area contributed by atoms with Crippen LogP contribution in [0.1, 0.15) is 0 Å². The van der Waals surface area contributed by atoms with E-state index >= 15 is 0 Å². The highest BCUT2D eigenvalue weighted by Crippen LogP contribution is 2.23. The van der Waals surface area contributed by atoms with E-state index in [1.807, 2.05) is 0 Å². The van der Waals surface area contributed by atoms with Crippen LogP contribution in [0, 0.1) is 5.21 Å². The van der Waals surface area contributed by atoms with Crippen molar-refractivity contribution in [2.45, 2.75) is 9.92 Å². The number of nitrogens with zero attached hydrogens (tertiary/aromatic N) is 2. The van der Waals surface area contributed by atoms with Crippen LogP contribution in [-0.4, -0.2) is 13.6 Å². The fourth-order valence-corrected chi connectivity index (χ4v) is 2.39. The monoisotopic (exact) mass is 241 g/mol. The molecule has 7 nitrogen and oxygen atoms in total. The van der Waals surface area contributed by atoms with Gasteiger partial charge in [-0.3, -0.25) is 4.63 Å². The highest BCUT2D eigenvalue weighted by atomic mass is 32.2. The number of hydrogen-bond acceptors (Lipinski definition) is 5. The lowest BCUT2D eigenvalue weighted by Gasteiger charge is -1.98. The second-order valence-corrected chi connectivity index (χ2v) is 4.72. The number of benzene rings is 1. The predicted molar refractivity (Wildman–Crippen MR) is 47.5 cm³/mol. The summed E-state index contributed by atoms with van der Waals surface area (Å²) >= 11 is 0. The van der Waals surface area contributed by atoms with Gasteiger partial charge in [-0.1, -0.05) is 18.2 Å². The first-order valence-electron chi connectivity index (χ1n) is 4.10. The summed E-state index contributed by atoms with van der Waals surface area (Å²) in [7, 11) is -4.18. The molecule has 0 bridgehead atoms. The molecule has 0 aliphatic carbocycles. The molecule has 0 aliphatic rings. The lowest BCUT2D eigenvalue weighted by atomic mass is 10.4. The van der Waals surface area contributed by atoms with Crippen molar-refractivity contribution in [3.8, 4) is 5.88 Å². The largest absolute Gasteiger partial charge is 0.459 e. The summed E-state index contributed by atoms with van der Waals surface area (Å²) in [5, 5.41) is 23.7. The van der Waals surface area contributed by atoms with Gasteiger partial charge in [-0.05, 0) is 17.0 Å². The van der Waals surface area contributed by atoms with Crippen LogP contribution in [0.5, 0.6) is 5.88 Å². The van der Waals surface area contributed by atoms with Gasteiger partial charge in [0, 0.05) is 0 Å². The fraction of sp³-hybridized carbons (Fsp3) is 0. The molecule has 1 heterocycles. The number of aromatic nitrogens is 2. The Bertz CT molecular complexity index is 585. The molecule has 0 saturated carbocycles. The molecule has 0 atom stereocenters. The topological polar surface area (TPSA) is 107 Å². The van der Waals surface area contributed by atoms with Gasteiger partial charge < -0.3 is 5.21 Å². The lowest BCUT2D eigenvalue weighted by Crippen LogP contribution is -2.30. The molecule has 0 spiro atoms. The zero-order chi connectivity index (χ0) is 11.8. The van der Waals surface area contributed by atoms with E-state index in [1.54, 1.807) is 6.07 Å². The molecule has 0 aliphatic heterocycles. The quantitative estimate of drug-likeness (QED) is 0.702. The maximum Gasteiger partial charge on any atom is 0.459 e. The first kappa shape index (κ1) is 10.4. The third kappa shape index (κ3) is 1.48. The Kier molecular flexibility index (Phi) is 2.27. The molecule has 8 heteroatoms. The van der Waals surface area contributed by atoms with Crippen LogP contribution in [0.3, 0.4) is 0 Å². The SMILES string of the molecule is [O]c1no[n+]([O-])c1S(=O)(=O)c1ccccc1. The van der Waals surface area contributed by atoms with Gasteiger partial charge >= 0.3 is 10.9 Å². The molecule has 1 radical (unpaired) electrons. The summed E-state index contributed by atoms with van der Waals surface area (Å²) < 4.78 is 27.6. The van der Waals surface area contributed by atoms with Crippen molar-refractivity contribution in [3.05, 3.63) is 35.5 Å². The van der Waals surface area contributed by atoms with E-state index in [0.29, 0.717) is 0 Å². The van der Waals surface area contributed by atoms with Crippen LogP contribution in [0.2, 0.25) is 0 Å². The first-order valence-corrected chi connectivity index (χ1v) is 5.58. The smallest absolute Gasteiger partial charge is 0.358 e. The van der Waals surface area contributed by atoms with E-state index in [2.05, 4.69) is 9.79 Å². The zero-order valence-electron chi connectivity index (χ0n) is 7.73. The first-order chi connectivity index (χ1) is 7.53. The number of hydrogen-bond donors (Lipinski definition) is 0. The zero-order valence-corrected chi connectivity index (χ0v) is 8.55. The van der Waals surface area contributed by atoms with Crippen LogP contribution < -0.4 is 4.90 Å². The molecule has 0 N–H and O–H groups in total. The summed E-state index contributed by atoms with van der Waals surface area (Å²) in [5.74, 6) is -1.21. The van der Waals surface area contributed by atoms with Gasteiger partial charge in [0.05, 0.1) is 10.1 Å². The Labute approximate surface area is 90.0 Å². The predicted octanol–water partition coefficient (Wildman–Crippen LogP) is 0.285. The van der Waals surface area contributed by atoms with Crippen LogP contribution in [0.25, 0.3) is 0 Å². The molecule has 2 rings (SSSR count). The molecular formula is C8H5N2O5S. The normalized spacial score (nSPS) is 11.5. The molecule has 16 heavy (non-hydrogen) atoms. The van der Waals surface area contributed by atoms with Crippen LogP contribution in [0.15, 0.2) is 44.9 Å². The molecular weight excluding hydrogens is 236 g/mol. The third-order valence-electron chi connectivity index (χ3n) is 1.85. The third-order valence-corrected chi connectivity index (χ3v) is 3.58. The van der Waals surface area contributed by atoms with Crippen LogP contribution in [-0.2, 0) is 14.9 Å². The van der Waals surface area contributed by atoms with Crippen LogP contribution in [0.4, 0.5) is 0 Å². The van der Waals surface area contributed by atoms with Gasteiger partial charge in [-0.15, -0.1) is 0 Å². The van der Waals surface area contributed by atoms with Crippen molar-refractivity contribution in [1.82, 2.24) is 5.16 Å². The van der Waals surface area contributed by atoms with Crippen molar-refractivity contribution >= 4 is 9.84 Å². The second kappa shape index (κ2) is 3.49. The molecule has 0 unspecified atom stereocenters. The van der Waals surface area contributed by atoms with Crippen molar-refractivity contribution in [1.29, 1.82) is 0 Å². The minimum Gasteiger partial charge on any atom is -0.358 e. The molecule has 83 valence electrons. The summed E-state index contributed by atoms with van der Waals surface area (Å²) in [6.07, 6.45) is 0. The van der Waals surface area contributed by atoms with Crippen LogP contribution >= 0.6 is 0 Å². The van der Waals surface area contributed by atoms with Crippen molar-refractivity contribution in [2.75, 3.05) is 0 Å². The van der Waals surface area contributed by atoms with Gasteiger partial charge in [-0.2, -0.15) is 0 Å².